The summed E-state index contributed by atoms with van der Waals surface area (Å²) in [6, 6.07) is 16.0. The summed E-state index contributed by atoms with van der Waals surface area (Å²) in [6.45, 7) is 3.37. The van der Waals surface area contributed by atoms with E-state index in [1.165, 1.54) is 6.92 Å². The van der Waals surface area contributed by atoms with Gasteiger partial charge in [-0.2, -0.15) is 0 Å². The fourth-order valence-electron chi connectivity index (χ4n) is 6.61. The van der Waals surface area contributed by atoms with Crippen LogP contribution in [0.15, 0.2) is 79.1 Å². The van der Waals surface area contributed by atoms with E-state index >= 15 is 0 Å². The molecule has 2 aromatic heterocycles. The number of aryl methyl sites for hydroxylation is 1. The molecule has 54 heavy (non-hydrogen) atoms. The molecule has 0 unspecified atom stereocenters. The average molecular weight is 740 g/mol. The number of hydrogen-bond donors (Lipinski definition) is 5. The van der Waals surface area contributed by atoms with Crippen LogP contribution in [0.25, 0.3) is 5.65 Å². The zero-order valence-corrected chi connectivity index (χ0v) is 30.2. The zero-order valence-electron chi connectivity index (χ0n) is 30.2. The Kier molecular flexibility index (Phi) is 11.8. The zero-order chi connectivity index (χ0) is 38.2. The van der Waals surface area contributed by atoms with Gasteiger partial charge in [-0.25, -0.2) is 4.98 Å². The molecule has 2 aromatic carbocycles. The minimum atomic E-state index is -1.48. The number of rotatable bonds is 5. The molecule has 5 N–H and O–H groups in total. The third kappa shape index (κ3) is 8.80. The summed E-state index contributed by atoms with van der Waals surface area (Å²) in [4.78, 5) is 73.9. The van der Waals surface area contributed by atoms with Gasteiger partial charge in [0.25, 0.3) is 5.91 Å². The highest BCUT2D eigenvalue weighted by Gasteiger charge is 2.46. The Hall–Kier alpha value is -5.96. The van der Waals surface area contributed by atoms with Crippen LogP contribution in [0.4, 0.5) is 0 Å². The standard InChI is InChI=1S/C39H45N7O8/c1-25-7-6-17-46-28(23-41-34(25)46)22-33(48)45-18-14-39(15-19-45)38(52)44-31(21-27-8-4-3-5-9-27)36(50)43-32(24-47)37(51)42-26(2)35(49)40-16-20-53-29-10-12-30(54-39)13-11-29/h3-13,17,23,26,31-32,47H,14-16,18-22,24H2,1-2H3,(H,40,49)(H,42,51)(H,43,50)(H,44,52)/t26-,31+,32-/m0/s1. The third-order valence-corrected chi connectivity index (χ3v) is 9.76. The highest BCUT2D eigenvalue weighted by Crippen LogP contribution is 2.31. The number of aliphatic hydroxyl groups excluding tert-OH is 1. The van der Waals surface area contributed by atoms with Crippen LogP contribution in [0.3, 0.4) is 0 Å². The van der Waals surface area contributed by atoms with Gasteiger partial charge < -0.3 is 45.1 Å². The molecule has 3 atom stereocenters. The van der Waals surface area contributed by atoms with Crippen molar-refractivity contribution in [3.05, 3.63) is 95.9 Å². The van der Waals surface area contributed by atoms with Gasteiger partial charge in [0.2, 0.25) is 23.6 Å². The molecule has 4 aromatic rings. The van der Waals surface area contributed by atoms with E-state index < -0.39 is 54.0 Å². The number of amides is 5. The molecule has 2 bridgehead atoms. The number of aliphatic hydroxyl groups is 1. The summed E-state index contributed by atoms with van der Waals surface area (Å²) in [5.74, 6) is -1.81. The van der Waals surface area contributed by atoms with Crippen molar-refractivity contribution in [2.24, 2.45) is 0 Å². The van der Waals surface area contributed by atoms with E-state index in [1.807, 2.05) is 35.7 Å². The maximum atomic E-state index is 14.5. The smallest absolute Gasteiger partial charge is 0.265 e. The van der Waals surface area contributed by atoms with Gasteiger partial charge in [-0.1, -0.05) is 36.4 Å². The maximum Gasteiger partial charge on any atom is 0.265 e. The minimum Gasteiger partial charge on any atom is -0.492 e. The van der Waals surface area contributed by atoms with Crippen LogP contribution in [0.2, 0.25) is 0 Å². The van der Waals surface area contributed by atoms with Crippen LogP contribution in [0, 0.1) is 6.92 Å². The number of fused-ring (bicyclic) bond motifs is 16. The lowest BCUT2D eigenvalue weighted by molar-refractivity contribution is -0.148. The van der Waals surface area contributed by atoms with Crippen LogP contribution in [0.1, 0.15) is 36.6 Å². The van der Waals surface area contributed by atoms with Crippen LogP contribution >= 0.6 is 0 Å². The van der Waals surface area contributed by atoms with Crippen molar-refractivity contribution in [3.8, 4) is 11.5 Å². The highest BCUT2D eigenvalue weighted by atomic mass is 16.5. The molecule has 15 nitrogen and oxygen atoms in total. The maximum absolute atomic E-state index is 14.5. The highest BCUT2D eigenvalue weighted by molar-refractivity contribution is 5.95. The Morgan fingerprint density at radius 3 is 2.31 bits per heavy atom. The Morgan fingerprint density at radius 2 is 1.59 bits per heavy atom. The van der Waals surface area contributed by atoms with Crippen LogP contribution in [0.5, 0.6) is 11.5 Å². The molecule has 15 heteroatoms. The molecule has 7 rings (SSSR count). The molecule has 1 spiro atoms. The van der Waals surface area contributed by atoms with E-state index in [0.717, 1.165) is 22.5 Å². The molecule has 3 aliphatic heterocycles. The second kappa shape index (κ2) is 16.8. The van der Waals surface area contributed by atoms with Gasteiger partial charge in [-0.15, -0.1) is 0 Å². The topological polar surface area (TPSA) is 193 Å². The average Bonchev–Trinajstić information content (AvgIpc) is 3.59. The molecule has 3 aliphatic rings. The van der Waals surface area contributed by atoms with Gasteiger partial charge in [-0.05, 0) is 55.3 Å². The number of ether oxygens (including phenoxy) is 2. The molecular weight excluding hydrogens is 694 g/mol. The first-order valence-electron chi connectivity index (χ1n) is 18.0. The number of carbonyl (C=O) groups excluding carboxylic acids is 5. The number of benzene rings is 2. The number of pyridine rings is 1. The Labute approximate surface area is 312 Å². The fraction of sp³-hybridized carbons (Fsp3) is 0.385. The lowest BCUT2D eigenvalue weighted by atomic mass is 9.88. The van der Waals surface area contributed by atoms with Crippen LogP contribution < -0.4 is 30.7 Å². The van der Waals surface area contributed by atoms with Crippen LogP contribution in [-0.2, 0) is 36.8 Å². The van der Waals surface area contributed by atoms with Crippen molar-refractivity contribution in [1.29, 1.82) is 0 Å². The second-order valence-electron chi connectivity index (χ2n) is 13.6. The van der Waals surface area contributed by atoms with Crippen molar-refractivity contribution in [3.63, 3.8) is 0 Å². The number of aromatic nitrogens is 2. The van der Waals surface area contributed by atoms with E-state index in [2.05, 4.69) is 26.3 Å². The molecule has 0 aliphatic carbocycles. The SMILES string of the molecule is Cc1cccn2c(CC(=O)N3CCC4(CC3)Oc3ccc(cc3)OCCNC(=O)[C@H](C)NC(=O)[C@H](CO)NC(=O)[C@@H](Cc3ccccc3)NC4=O)cnc12. The number of likely N-dealkylation sites (tertiary alicyclic amines) is 1. The van der Waals surface area contributed by atoms with E-state index in [9.17, 15) is 29.1 Å². The lowest BCUT2D eigenvalue weighted by Crippen LogP contribution is -2.63. The largest absolute Gasteiger partial charge is 0.492 e. The molecular formula is C39H45N7O8. The summed E-state index contributed by atoms with van der Waals surface area (Å²) < 4.78 is 14.2. The van der Waals surface area contributed by atoms with Gasteiger partial charge in [0, 0.05) is 44.7 Å². The molecule has 5 amide bonds. The van der Waals surface area contributed by atoms with Crippen molar-refractivity contribution >= 4 is 35.2 Å². The van der Waals surface area contributed by atoms with Gasteiger partial charge in [-0.3, -0.25) is 24.0 Å². The molecule has 0 radical (unpaired) electrons. The van der Waals surface area contributed by atoms with Crippen molar-refractivity contribution in [2.45, 2.75) is 63.3 Å². The summed E-state index contributed by atoms with van der Waals surface area (Å²) in [7, 11) is 0. The monoisotopic (exact) mass is 739 g/mol. The number of piperidine rings is 1. The first-order chi connectivity index (χ1) is 26.0. The number of nitrogens with zero attached hydrogens (tertiary/aromatic N) is 3. The number of carbonyl (C=O) groups is 5. The van der Waals surface area contributed by atoms with E-state index in [0.29, 0.717) is 11.5 Å². The van der Waals surface area contributed by atoms with Gasteiger partial charge in [0.05, 0.1) is 25.3 Å². The van der Waals surface area contributed by atoms with Crippen LogP contribution in [-0.4, -0.2) is 106 Å². The van der Waals surface area contributed by atoms with E-state index in [-0.39, 0.29) is 57.8 Å². The predicted octanol–water partition coefficient (Wildman–Crippen LogP) is 0.843. The van der Waals surface area contributed by atoms with Gasteiger partial charge >= 0.3 is 0 Å². The molecule has 284 valence electrons. The number of hydrogen-bond acceptors (Lipinski definition) is 9. The first-order valence-corrected chi connectivity index (χ1v) is 18.0. The molecule has 1 saturated heterocycles. The fourth-order valence-corrected chi connectivity index (χ4v) is 6.61. The predicted molar refractivity (Wildman–Crippen MR) is 196 cm³/mol. The summed E-state index contributed by atoms with van der Waals surface area (Å²) >= 11 is 0. The first kappa shape index (κ1) is 37.8. The molecule has 0 saturated carbocycles. The number of nitrogens with one attached hydrogen (secondary N) is 4. The van der Waals surface area contributed by atoms with Crippen molar-refractivity contribution < 1.29 is 38.6 Å². The summed E-state index contributed by atoms with van der Waals surface area (Å²) in [5.41, 5.74) is 1.77. The summed E-state index contributed by atoms with van der Waals surface area (Å²) in [6.07, 6.45) is 3.99. The van der Waals surface area contributed by atoms with E-state index in [1.54, 1.807) is 59.6 Å². The number of imidazole rings is 1. The molecule has 5 heterocycles. The third-order valence-electron chi connectivity index (χ3n) is 9.76. The minimum absolute atomic E-state index is 0.0580. The normalized spacial score (nSPS) is 21.3. The Morgan fingerprint density at radius 1 is 0.889 bits per heavy atom. The Balaban J connectivity index is 1.27. The summed E-state index contributed by atoms with van der Waals surface area (Å²) in [5, 5.41) is 20.7. The Bertz CT molecular complexity index is 1980. The second-order valence-corrected chi connectivity index (χ2v) is 13.6. The van der Waals surface area contributed by atoms with E-state index in [4.69, 9.17) is 9.47 Å². The van der Waals surface area contributed by atoms with Gasteiger partial charge in [0.1, 0.15) is 41.9 Å². The van der Waals surface area contributed by atoms with Gasteiger partial charge in [0.15, 0.2) is 5.60 Å². The quantitative estimate of drug-likeness (QED) is 0.185. The lowest BCUT2D eigenvalue weighted by Gasteiger charge is -2.41. The van der Waals surface area contributed by atoms with Crippen molar-refractivity contribution in [1.82, 2.24) is 35.6 Å². The van der Waals surface area contributed by atoms with Crippen molar-refractivity contribution in [2.75, 3.05) is 32.8 Å². The molecule has 1 fully saturated rings.